The predicted molar refractivity (Wildman–Crippen MR) is 79.4 cm³/mol. The first-order valence-corrected chi connectivity index (χ1v) is 8.24. The Hall–Kier alpha value is -0.260. The summed E-state index contributed by atoms with van der Waals surface area (Å²) in [4.78, 5) is 12.2. The second-order valence-electron chi connectivity index (χ2n) is 5.18. The van der Waals surface area contributed by atoms with Crippen LogP contribution in [-0.4, -0.2) is 47.9 Å². The van der Waals surface area contributed by atoms with E-state index in [-0.39, 0.29) is 17.8 Å². The largest absolute Gasteiger partial charge is 0.465 e. The Morgan fingerprint density at radius 3 is 2.95 bits per heavy atom. The molecule has 0 amide bonds. The van der Waals surface area contributed by atoms with Crippen LogP contribution < -0.4 is 5.32 Å². The molecule has 5 heteroatoms. The molecule has 0 aliphatic heterocycles. The molecular formula is C14H27NO3S. The van der Waals surface area contributed by atoms with Crippen molar-refractivity contribution in [3.8, 4) is 0 Å². The molecule has 112 valence electrons. The molecule has 0 spiro atoms. The smallest absolute Gasteiger partial charge is 0.326 e. The molecule has 19 heavy (non-hydrogen) atoms. The minimum Gasteiger partial charge on any atom is -0.465 e. The molecule has 0 saturated heterocycles. The highest BCUT2D eigenvalue weighted by molar-refractivity contribution is 7.99. The van der Waals surface area contributed by atoms with Crippen molar-refractivity contribution in [1.29, 1.82) is 0 Å². The number of carbonyl (C=O) groups excluding carboxylic acids is 1. The van der Waals surface area contributed by atoms with Crippen LogP contribution in [0.5, 0.6) is 0 Å². The topological polar surface area (TPSA) is 58.6 Å². The molecule has 3 unspecified atom stereocenters. The third-order valence-corrected chi connectivity index (χ3v) is 5.22. The lowest BCUT2D eigenvalue weighted by Crippen LogP contribution is -2.54. The first-order valence-electron chi connectivity index (χ1n) is 7.19. The van der Waals surface area contributed by atoms with E-state index in [4.69, 9.17) is 9.84 Å². The predicted octanol–water partition coefficient (Wildman–Crippen LogP) is 1.81. The van der Waals surface area contributed by atoms with Gasteiger partial charge in [0.2, 0.25) is 0 Å². The fraction of sp³-hybridized carbons (Fsp3) is 0.929. The lowest BCUT2D eigenvalue weighted by molar-refractivity contribution is -0.152. The molecule has 0 bridgehead atoms. The molecule has 3 atom stereocenters. The maximum atomic E-state index is 12.2. The van der Waals surface area contributed by atoms with Crippen LogP contribution in [0.25, 0.3) is 0 Å². The van der Waals surface area contributed by atoms with E-state index in [1.165, 1.54) is 0 Å². The van der Waals surface area contributed by atoms with Crippen LogP contribution in [-0.2, 0) is 9.53 Å². The van der Waals surface area contributed by atoms with Crippen LogP contribution in [0, 0.1) is 5.92 Å². The minimum absolute atomic E-state index is 0.0970. The highest BCUT2D eigenvalue weighted by atomic mass is 32.2. The third-order valence-electron chi connectivity index (χ3n) is 4.03. The van der Waals surface area contributed by atoms with Gasteiger partial charge in [-0.2, -0.15) is 11.8 Å². The molecule has 1 rings (SSSR count). The van der Waals surface area contributed by atoms with Crippen molar-refractivity contribution in [2.75, 3.05) is 26.0 Å². The number of thioether (sulfide) groups is 1. The number of hydrogen-bond acceptors (Lipinski definition) is 5. The number of esters is 1. The van der Waals surface area contributed by atoms with E-state index in [0.29, 0.717) is 12.5 Å². The maximum absolute atomic E-state index is 12.2. The van der Waals surface area contributed by atoms with Crippen LogP contribution >= 0.6 is 11.8 Å². The Labute approximate surface area is 120 Å². The Kier molecular flexibility index (Phi) is 7.18. The van der Waals surface area contributed by atoms with E-state index in [2.05, 4.69) is 5.32 Å². The van der Waals surface area contributed by atoms with Crippen molar-refractivity contribution in [3.63, 3.8) is 0 Å². The number of aliphatic hydroxyl groups is 1. The zero-order valence-corrected chi connectivity index (χ0v) is 13.1. The Bertz CT molecular complexity index is 288. The van der Waals surface area contributed by atoms with Gasteiger partial charge in [0, 0.05) is 5.25 Å². The van der Waals surface area contributed by atoms with E-state index in [0.717, 1.165) is 31.4 Å². The van der Waals surface area contributed by atoms with Crippen LogP contribution in [0.3, 0.4) is 0 Å². The van der Waals surface area contributed by atoms with E-state index in [9.17, 15) is 4.79 Å². The van der Waals surface area contributed by atoms with Crippen molar-refractivity contribution < 1.29 is 14.6 Å². The zero-order chi connectivity index (χ0) is 14.3. The summed E-state index contributed by atoms with van der Waals surface area (Å²) in [5.74, 6) is 1.23. The van der Waals surface area contributed by atoms with E-state index >= 15 is 0 Å². The molecule has 0 aromatic rings. The standard InChI is InChI=1S/C14H27NO3S/c1-4-18-13(17)14(15-3)8-5-6-12(14)7-9-19-11(2)10-16/h11-12,15-16H,4-10H2,1-3H3. The molecule has 1 saturated carbocycles. The van der Waals surface area contributed by atoms with Crippen molar-refractivity contribution >= 4 is 17.7 Å². The molecule has 1 aliphatic rings. The molecule has 0 aromatic carbocycles. The van der Waals surface area contributed by atoms with Crippen molar-refractivity contribution in [1.82, 2.24) is 5.32 Å². The van der Waals surface area contributed by atoms with E-state index in [1.807, 2.05) is 20.9 Å². The van der Waals surface area contributed by atoms with Crippen LogP contribution in [0.15, 0.2) is 0 Å². The average Bonchev–Trinajstić information content (AvgIpc) is 2.83. The number of hydrogen-bond donors (Lipinski definition) is 2. The van der Waals surface area contributed by atoms with Gasteiger partial charge in [-0.05, 0) is 44.9 Å². The van der Waals surface area contributed by atoms with Gasteiger partial charge < -0.3 is 15.2 Å². The molecule has 0 heterocycles. The number of likely N-dealkylation sites (N-methyl/N-ethyl adjacent to an activating group) is 1. The summed E-state index contributed by atoms with van der Waals surface area (Å²) in [5.41, 5.74) is -0.487. The van der Waals surface area contributed by atoms with Crippen molar-refractivity contribution in [2.24, 2.45) is 5.92 Å². The Morgan fingerprint density at radius 1 is 1.63 bits per heavy atom. The summed E-state index contributed by atoms with van der Waals surface area (Å²) in [7, 11) is 1.86. The Morgan fingerprint density at radius 2 is 2.37 bits per heavy atom. The number of ether oxygens (including phenoxy) is 1. The molecular weight excluding hydrogens is 262 g/mol. The second kappa shape index (κ2) is 8.12. The van der Waals surface area contributed by atoms with Gasteiger partial charge in [0.05, 0.1) is 13.2 Å². The van der Waals surface area contributed by atoms with Gasteiger partial charge in [0.1, 0.15) is 5.54 Å². The Balaban J connectivity index is 2.57. The summed E-state index contributed by atoms with van der Waals surface area (Å²) >= 11 is 1.77. The normalized spacial score (nSPS) is 28.3. The minimum atomic E-state index is -0.487. The summed E-state index contributed by atoms with van der Waals surface area (Å²) in [5, 5.41) is 12.5. The van der Waals surface area contributed by atoms with Crippen LogP contribution in [0.2, 0.25) is 0 Å². The molecule has 1 fully saturated rings. The lowest BCUT2D eigenvalue weighted by atomic mass is 9.85. The number of nitrogens with one attached hydrogen (secondary N) is 1. The van der Waals surface area contributed by atoms with Gasteiger partial charge in [-0.1, -0.05) is 13.3 Å². The summed E-state index contributed by atoms with van der Waals surface area (Å²) < 4.78 is 5.25. The van der Waals surface area contributed by atoms with Crippen molar-refractivity contribution in [2.45, 2.75) is 50.3 Å². The highest BCUT2D eigenvalue weighted by Gasteiger charge is 2.48. The van der Waals surface area contributed by atoms with Gasteiger partial charge >= 0.3 is 5.97 Å². The first-order chi connectivity index (χ1) is 9.10. The summed E-state index contributed by atoms with van der Waals surface area (Å²) in [6.45, 7) is 4.52. The first kappa shape index (κ1) is 16.8. The van der Waals surface area contributed by atoms with Gasteiger partial charge in [-0.3, -0.25) is 4.79 Å². The van der Waals surface area contributed by atoms with Gasteiger partial charge in [0.15, 0.2) is 0 Å². The lowest BCUT2D eigenvalue weighted by Gasteiger charge is -2.33. The number of aliphatic hydroxyl groups excluding tert-OH is 1. The molecule has 1 aliphatic carbocycles. The number of rotatable bonds is 8. The number of carbonyl (C=O) groups is 1. The quantitative estimate of drug-likeness (QED) is 0.667. The van der Waals surface area contributed by atoms with Gasteiger partial charge in [-0.15, -0.1) is 0 Å². The average molecular weight is 289 g/mol. The fourth-order valence-corrected chi connectivity index (χ4v) is 3.82. The summed E-state index contributed by atoms with van der Waals surface area (Å²) in [6.07, 6.45) is 4.01. The fourth-order valence-electron chi connectivity index (χ4n) is 2.89. The molecule has 0 aromatic heterocycles. The van der Waals surface area contributed by atoms with E-state index in [1.54, 1.807) is 11.8 Å². The highest BCUT2D eigenvalue weighted by Crippen LogP contribution is 2.39. The van der Waals surface area contributed by atoms with Gasteiger partial charge in [-0.25, -0.2) is 0 Å². The molecule has 2 N–H and O–H groups in total. The SMILES string of the molecule is CCOC(=O)C1(NC)CCCC1CCSC(C)CO. The zero-order valence-electron chi connectivity index (χ0n) is 12.3. The maximum Gasteiger partial charge on any atom is 0.326 e. The van der Waals surface area contributed by atoms with Crippen LogP contribution in [0.1, 0.15) is 39.5 Å². The second-order valence-corrected chi connectivity index (χ2v) is 6.73. The van der Waals surface area contributed by atoms with Gasteiger partial charge in [0.25, 0.3) is 0 Å². The summed E-state index contributed by atoms with van der Waals surface area (Å²) in [6, 6.07) is 0. The third kappa shape index (κ3) is 4.10. The molecule has 4 nitrogen and oxygen atoms in total. The van der Waals surface area contributed by atoms with Crippen LogP contribution in [0.4, 0.5) is 0 Å². The monoisotopic (exact) mass is 289 g/mol. The molecule has 0 radical (unpaired) electrons. The van der Waals surface area contributed by atoms with Crippen molar-refractivity contribution in [3.05, 3.63) is 0 Å². The van der Waals surface area contributed by atoms with E-state index < -0.39 is 5.54 Å².